The largest absolute Gasteiger partial charge is 0.436 e. The zero-order chi connectivity index (χ0) is 30.9. The number of nitrogens with zero attached hydrogens (tertiary/aromatic N) is 2. The molecule has 0 unspecified atom stereocenters. The highest BCUT2D eigenvalue weighted by atomic mass is 32.1. The summed E-state index contributed by atoms with van der Waals surface area (Å²) in [5, 5.41) is 4.99. The number of thiophene rings is 2. The van der Waals surface area contributed by atoms with Gasteiger partial charge in [0.25, 0.3) is 0 Å². The van der Waals surface area contributed by atoms with E-state index in [1.54, 1.807) is 0 Å². The van der Waals surface area contributed by atoms with Gasteiger partial charge in [0.2, 0.25) is 5.89 Å². The van der Waals surface area contributed by atoms with Gasteiger partial charge in [-0.05, 0) is 42.0 Å². The predicted molar refractivity (Wildman–Crippen MR) is 199 cm³/mol. The number of aromatic nitrogens is 2. The Morgan fingerprint density at radius 1 is 0.468 bits per heavy atom. The average Bonchev–Trinajstić information content (AvgIpc) is 3.86. The molecule has 6 aromatic carbocycles. The quantitative estimate of drug-likeness (QED) is 0.193. The number of para-hydroxylation sites is 3. The molecular weight excluding hydrogens is 613 g/mol. The molecular formula is C42H24N2OS2. The Morgan fingerprint density at radius 3 is 2.02 bits per heavy atom. The van der Waals surface area contributed by atoms with E-state index in [0.29, 0.717) is 5.89 Å². The maximum absolute atomic E-state index is 6.13. The minimum Gasteiger partial charge on any atom is -0.436 e. The van der Waals surface area contributed by atoms with E-state index in [9.17, 15) is 0 Å². The Kier molecular flexibility index (Phi) is 5.92. The number of pyridine rings is 1. The van der Waals surface area contributed by atoms with Crippen molar-refractivity contribution >= 4 is 74.9 Å². The normalized spacial score (nSPS) is 11.8. The van der Waals surface area contributed by atoms with Crippen molar-refractivity contribution in [3.05, 3.63) is 146 Å². The smallest absolute Gasteiger partial charge is 0.227 e. The summed E-state index contributed by atoms with van der Waals surface area (Å²) in [6, 6.07) is 51.2. The van der Waals surface area contributed by atoms with Crippen LogP contribution in [0.4, 0.5) is 0 Å². The molecule has 0 saturated heterocycles. The fourth-order valence-electron chi connectivity index (χ4n) is 6.77. The molecule has 0 fully saturated rings. The van der Waals surface area contributed by atoms with Crippen LogP contribution in [0.2, 0.25) is 0 Å². The van der Waals surface area contributed by atoms with Crippen molar-refractivity contribution < 1.29 is 4.42 Å². The van der Waals surface area contributed by atoms with Gasteiger partial charge >= 0.3 is 0 Å². The van der Waals surface area contributed by atoms with E-state index in [2.05, 4.69) is 121 Å². The fourth-order valence-corrected chi connectivity index (χ4v) is 9.43. The van der Waals surface area contributed by atoms with E-state index >= 15 is 0 Å². The molecule has 4 heterocycles. The van der Waals surface area contributed by atoms with E-state index in [1.165, 1.54) is 46.3 Å². The summed E-state index contributed by atoms with van der Waals surface area (Å²) in [4.78, 5) is 11.3. The van der Waals surface area contributed by atoms with E-state index in [4.69, 9.17) is 14.4 Å². The summed E-state index contributed by atoms with van der Waals surface area (Å²) in [5.74, 6) is 0.629. The van der Waals surface area contributed by atoms with E-state index in [-0.39, 0.29) is 0 Å². The second kappa shape index (κ2) is 10.5. The highest BCUT2D eigenvalue weighted by Gasteiger charge is 2.24. The summed E-state index contributed by atoms with van der Waals surface area (Å²) in [7, 11) is 0. The highest BCUT2D eigenvalue weighted by molar-refractivity contribution is 7.27. The Morgan fingerprint density at radius 2 is 1.17 bits per heavy atom. The summed E-state index contributed by atoms with van der Waals surface area (Å²) in [6.45, 7) is 0. The maximum Gasteiger partial charge on any atom is 0.227 e. The monoisotopic (exact) mass is 636 g/mol. The van der Waals surface area contributed by atoms with Gasteiger partial charge in [-0.25, -0.2) is 9.97 Å². The Balaban J connectivity index is 1.29. The van der Waals surface area contributed by atoms with Gasteiger partial charge in [-0.15, -0.1) is 22.7 Å². The van der Waals surface area contributed by atoms with Crippen molar-refractivity contribution in [2.24, 2.45) is 0 Å². The number of rotatable bonds is 4. The maximum atomic E-state index is 6.13. The van der Waals surface area contributed by atoms with Crippen LogP contribution in [0.5, 0.6) is 0 Å². The molecule has 0 aliphatic carbocycles. The fraction of sp³-hybridized carbons (Fsp3) is 0. The van der Waals surface area contributed by atoms with Crippen molar-refractivity contribution in [2.45, 2.75) is 0 Å². The van der Waals surface area contributed by atoms with Crippen LogP contribution in [0.1, 0.15) is 0 Å². The summed E-state index contributed by atoms with van der Waals surface area (Å²) in [5.41, 5.74) is 9.38. The Labute approximate surface area is 278 Å². The minimum absolute atomic E-state index is 0.629. The molecule has 5 heteroatoms. The number of hydrogen-bond acceptors (Lipinski definition) is 5. The number of fused-ring (bicyclic) bond motifs is 7. The van der Waals surface area contributed by atoms with Crippen LogP contribution < -0.4 is 0 Å². The first kappa shape index (κ1) is 26.6. The lowest BCUT2D eigenvalue weighted by molar-refractivity contribution is 0.620. The van der Waals surface area contributed by atoms with Crippen molar-refractivity contribution in [3.8, 4) is 44.3 Å². The second-order valence-electron chi connectivity index (χ2n) is 11.7. The van der Waals surface area contributed by atoms with Crippen molar-refractivity contribution in [1.82, 2.24) is 9.97 Å². The molecule has 3 nitrogen and oxygen atoms in total. The summed E-state index contributed by atoms with van der Waals surface area (Å²) >= 11 is 3.72. The van der Waals surface area contributed by atoms with Gasteiger partial charge < -0.3 is 4.42 Å². The Hall–Kier alpha value is -5.62. The molecule has 0 N–H and O–H groups in total. The van der Waals surface area contributed by atoms with Gasteiger partial charge in [-0.2, -0.15) is 0 Å². The predicted octanol–water partition coefficient (Wildman–Crippen LogP) is 12.6. The first-order valence-electron chi connectivity index (χ1n) is 15.6. The third-order valence-corrected chi connectivity index (χ3v) is 11.4. The molecule has 0 saturated carbocycles. The number of oxazole rings is 1. The standard InChI is InChI=1S/C42H24N2OS2/c1-2-11-26(12-3-1)38-41-37(30-14-4-6-17-32(30)43-38)36(25-21-23-27(24-22-25)42-44-33-18-7-8-19-34(33)45-42)40(47-41)31-16-10-15-29-28-13-5-9-20-35(28)46-39(29)31/h1-24H. The molecule has 10 rings (SSSR count). The molecule has 47 heavy (non-hydrogen) atoms. The minimum atomic E-state index is 0.629. The molecule has 0 bridgehead atoms. The van der Waals surface area contributed by atoms with Crippen LogP contribution in [0.25, 0.3) is 96.5 Å². The molecule has 10 aromatic rings. The first-order chi connectivity index (χ1) is 23.3. The van der Waals surface area contributed by atoms with E-state index in [0.717, 1.165) is 44.4 Å². The molecule has 0 atom stereocenters. The Bertz CT molecular complexity index is 2760. The molecule has 0 radical (unpaired) electrons. The number of benzene rings is 6. The lowest BCUT2D eigenvalue weighted by Crippen LogP contribution is -1.88. The topological polar surface area (TPSA) is 38.9 Å². The summed E-state index contributed by atoms with van der Waals surface area (Å²) < 4.78 is 9.94. The molecule has 0 aliphatic heterocycles. The molecule has 220 valence electrons. The van der Waals surface area contributed by atoms with Gasteiger partial charge in [-0.3, -0.25) is 0 Å². The van der Waals surface area contributed by atoms with E-state index in [1.807, 2.05) is 46.9 Å². The van der Waals surface area contributed by atoms with Gasteiger partial charge in [0.15, 0.2) is 5.58 Å². The van der Waals surface area contributed by atoms with Crippen LogP contribution in [0.3, 0.4) is 0 Å². The highest BCUT2D eigenvalue weighted by Crippen LogP contribution is 2.52. The SMILES string of the molecule is c1ccc(-c2nc3ccccc3c3c(-c4ccc(-c5nc6ccccc6o5)cc4)c(-c4cccc5c4sc4ccccc45)sc23)cc1. The molecule has 0 aliphatic rings. The zero-order valence-electron chi connectivity index (χ0n) is 25.0. The van der Waals surface area contributed by atoms with Gasteiger partial charge in [-0.1, -0.05) is 109 Å². The third-order valence-electron chi connectivity index (χ3n) is 8.94. The molecule has 4 aromatic heterocycles. The molecule has 0 amide bonds. The van der Waals surface area contributed by atoms with Crippen molar-refractivity contribution in [2.75, 3.05) is 0 Å². The van der Waals surface area contributed by atoms with E-state index < -0.39 is 0 Å². The second-order valence-corrected chi connectivity index (χ2v) is 13.8. The zero-order valence-corrected chi connectivity index (χ0v) is 26.6. The van der Waals surface area contributed by atoms with Gasteiger partial charge in [0, 0.05) is 58.1 Å². The average molecular weight is 637 g/mol. The van der Waals surface area contributed by atoms with Crippen LogP contribution in [0.15, 0.2) is 150 Å². The van der Waals surface area contributed by atoms with Crippen LogP contribution in [-0.4, -0.2) is 9.97 Å². The summed E-state index contributed by atoms with van der Waals surface area (Å²) in [6.07, 6.45) is 0. The van der Waals surface area contributed by atoms with Crippen LogP contribution >= 0.6 is 22.7 Å². The molecule has 0 spiro atoms. The van der Waals surface area contributed by atoms with Crippen molar-refractivity contribution in [3.63, 3.8) is 0 Å². The number of hydrogen-bond donors (Lipinski definition) is 0. The van der Waals surface area contributed by atoms with Crippen LogP contribution in [-0.2, 0) is 0 Å². The third kappa shape index (κ3) is 4.17. The lowest BCUT2D eigenvalue weighted by atomic mass is 9.94. The first-order valence-corrected chi connectivity index (χ1v) is 17.2. The van der Waals surface area contributed by atoms with Crippen LogP contribution in [0, 0.1) is 0 Å². The lowest BCUT2D eigenvalue weighted by Gasteiger charge is -2.10. The van der Waals surface area contributed by atoms with Crippen molar-refractivity contribution in [1.29, 1.82) is 0 Å². The van der Waals surface area contributed by atoms with Gasteiger partial charge in [0.05, 0.1) is 15.9 Å². The van der Waals surface area contributed by atoms with Gasteiger partial charge in [0.1, 0.15) is 5.52 Å².